The zero-order valence-electron chi connectivity index (χ0n) is 20.2. The monoisotopic (exact) mass is 493 g/mol. The molecular formula is C27H28ClN3O2S. The summed E-state index contributed by atoms with van der Waals surface area (Å²) in [6.07, 6.45) is 3.78. The minimum atomic E-state index is -0.535. The summed E-state index contributed by atoms with van der Waals surface area (Å²) in [5, 5.41) is 3.18. The van der Waals surface area contributed by atoms with Crippen LogP contribution >= 0.6 is 23.8 Å². The first kappa shape index (κ1) is 24.2. The van der Waals surface area contributed by atoms with Gasteiger partial charge in [0.2, 0.25) is 0 Å². The number of carbonyl (C=O) groups excluding carboxylic acids is 2. The highest BCUT2D eigenvalue weighted by Crippen LogP contribution is 2.41. The topological polar surface area (TPSA) is 52.7 Å². The van der Waals surface area contributed by atoms with Crippen LogP contribution in [0.15, 0.2) is 42.0 Å². The zero-order valence-corrected chi connectivity index (χ0v) is 21.8. The van der Waals surface area contributed by atoms with Crippen LogP contribution in [-0.2, 0) is 9.59 Å². The van der Waals surface area contributed by atoms with Crippen LogP contribution < -0.4 is 15.1 Å². The summed E-state index contributed by atoms with van der Waals surface area (Å²) in [5.41, 5.74) is 6.38. The number of benzene rings is 2. The lowest BCUT2D eigenvalue weighted by Crippen LogP contribution is -2.54. The average molecular weight is 494 g/mol. The molecule has 1 fully saturated rings. The molecule has 4 rings (SSSR count). The van der Waals surface area contributed by atoms with Crippen molar-refractivity contribution in [3.05, 3.63) is 69.3 Å². The maximum absolute atomic E-state index is 13.4. The predicted octanol–water partition coefficient (Wildman–Crippen LogP) is 5.81. The Bertz CT molecular complexity index is 1310. The second-order valence-corrected chi connectivity index (χ2v) is 10.1. The van der Waals surface area contributed by atoms with E-state index in [-0.39, 0.29) is 16.2 Å². The molecule has 1 N–H and O–H groups in total. The van der Waals surface area contributed by atoms with Crippen molar-refractivity contribution in [3.63, 3.8) is 0 Å². The van der Waals surface area contributed by atoms with E-state index in [1.54, 1.807) is 6.08 Å². The highest BCUT2D eigenvalue weighted by Gasteiger charge is 2.35. The molecule has 34 heavy (non-hydrogen) atoms. The van der Waals surface area contributed by atoms with E-state index in [1.807, 2.05) is 44.2 Å². The van der Waals surface area contributed by atoms with Crippen molar-refractivity contribution < 1.29 is 9.59 Å². The first-order chi connectivity index (χ1) is 15.9. The van der Waals surface area contributed by atoms with Crippen molar-refractivity contribution in [2.75, 3.05) is 16.3 Å². The van der Waals surface area contributed by atoms with Gasteiger partial charge in [-0.25, -0.2) is 0 Å². The average Bonchev–Trinajstić information content (AvgIpc) is 2.73. The van der Waals surface area contributed by atoms with Crippen LogP contribution in [0.3, 0.4) is 0 Å². The molecule has 0 unspecified atom stereocenters. The maximum Gasteiger partial charge on any atom is 0.270 e. The fraction of sp³-hybridized carbons (Fsp3) is 0.296. The van der Waals surface area contributed by atoms with E-state index in [0.29, 0.717) is 16.3 Å². The number of anilines is 2. The SMILES string of the molecule is CCN1c2cc(Cl)c(/C=C3/C(=O)NC(=S)N(c4ccc(C)c(C)c4)C3=O)cc2C(C)=CC1(C)C. The Morgan fingerprint density at radius 2 is 1.79 bits per heavy atom. The molecule has 0 aromatic heterocycles. The van der Waals surface area contributed by atoms with Crippen LogP contribution in [0.1, 0.15) is 49.9 Å². The third-order valence-corrected chi connectivity index (χ3v) is 7.17. The van der Waals surface area contributed by atoms with Gasteiger partial charge in [0.25, 0.3) is 11.8 Å². The fourth-order valence-corrected chi connectivity index (χ4v) is 5.21. The van der Waals surface area contributed by atoms with Crippen molar-refractivity contribution in [2.45, 2.75) is 47.1 Å². The second kappa shape index (κ2) is 8.67. The zero-order chi connectivity index (χ0) is 24.9. The van der Waals surface area contributed by atoms with Crippen molar-refractivity contribution in [3.8, 4) is 0 Å². The van der Waals surface area contributed by atoms with Gasteiger partial charge < -0.3 is 4.90 Å². The number of nitrogens with one attached hydrogen (secondary N) is 1. The van der Waals surface area contributed by atoms with Gasteiger partial charge in [-0.2, -0.15) is 0 Å². The third-order valence-electron chi connectivity index (χ3n) is 6.56. The molecule has 5 nitrogen and oxygen atoms in total. The molecule has 2 heterocycles. The molecule has 2 amide bonds. The van der Waals surface area contributed by atoms with Crippen LogP contribution in [-0.4, -0.2) is 29.0 Å². The molecule has 2 aliphatic heterocycles. The molecule has 0 atom stereocenters. The Morgan fingerprint density at radius 3 is 2.44 bits per heavy atom. The van der Waals surface area contributed by atoms with Crippen molar-refractivity contribution in [1.29, 1.82) is 0 Å². The largest absolute Gasteiger partial charge is 0.363 e. The Hall–Kier alpha value is -2.96. The van der Waals surface area contributed by atoms with E-state index in [0.717, 1.165) is 34.5 Å². The third kappa shape index (κ3) is 4.05. The van der Waals surface area contributed by atoms with Crippen molar-refractivity contribution in [1.82, 2.24) is 5.32 Å². The number of allylic oxidation sites excluding steroid dienone is 1. The summed E-state index contributed by atoms with van der Waals surface area (Å²) >= 11 is 12.0. The lowest BCUT2D eigenvalue weighted by Gasteiger charge is -2.43. The van der Waals surface area contributed by atoms with Crippen LogP contribution in [0, 0.1) is 13.8 Å². The van der Waals surface area contributed by atoms with Crippen LogP contribution in [0.4, 0.5) is 11.4 Å². The molecule has 0 bridgehead atoms. The van der Waals surface area contributed by atoms with Gasteiger partial charge >= 0.3 is 0 Å². The summed E-state index contributed by atoms with van der Waals surface area (Å²) in [5.74, 6) is -1.01. The van der Waals surface area contributed by atoms with Gasteiger partial charge in [-0.05, 0) is 106 Å². The molecule has 2 aromatic carbocycles. The number of halogens is 1. The molecule has 0 radical (unpaired) electrons. The Balaban J connectivity index is 1.80. The van der Waals surface area contributed by atoms with Gasteiger partial charge in [0.1, 0.15) is 5.57 Å². The highest BCUT2D eigenvalue weighted by molar-refractivity contribution is 7.80. The molecule has 1 saturated heterocycles. The van der Waals surface area contributed by atoms with E-state index in [2.05, 4.69) is 44.0 Å². The quantitative estimate of drug-likeness (QED) is 0.333. The van der Waals surface area contributed by atoms with Gasteiger partial charge in [0.05, 0.1) is 11.2 Å². The smallest absolute Gasteiger partial charge is 0.270 e. The van der Waals surface area contributed by atoms with Crippen LogP contribution in [0.25, 0.3) is 11.6 Å². The van der Waals surface area contributed by atoms with Crippen LogP contribution in [0.2, 0.25) is 5.02 Å². The van der Waals surface area contributed by atoms with E-state index < -0.39 is 11.8 Å². The molecule has 2 aliphatic rings. The maximum atomic E-state index is 13.4. The van der Waals surface area contributed by atoms with E-state index in [1.165, 1.54) is 4.90 Å². The number of hydrogen-bond acceptors (Lipinski definition) is 4. The van der Waals surface area contributed by atoms with Gasteiger partial charge in [-0.3, -0.25) is 19.8 Å². The molecular weight excluding hydrogens is 466 g/mol. The number of rotatable bonds is 3. The fourth-order valence-electron chi connectivity index (χ4n) is 4.72. The first-order valence-corrected chi connectivity index (χ1v) is 12.0. The standard InChI is InChI=1S/C27H28ClN3O2S/c1-7-30-23-13-22(28)18(11-20(23)17(4)14-27(30,5)6)12-21-24(32)29-26(34)31(25(21)33)19-9-8-15(2)16(3)10-19/h8-14H,7H2,1-6H3,(H,29,32,34)/b21-12-. The summed E-state index contributed by atoms with van der Waals surface area (Å²) in [6.45, 7) is 13.3. The molecule has 176 valence electrons. The number of thiocarbonyl (C=S) groups is 1. The number of amides is 2. The minimum Gasteiger partial charge on any atom is -0.363 e. The predicted molar refractivity (Wildman–Crippen MR) is 144 cm³/mol. The lowest BCUT2D eigenvalue weighted by molar-refractivity contribution is -0.122. The molecule has 2 aromatic rings. The van der Waals surface area contributed by atoms with Crippen LogP contribution in [0.5, 0.6) is 0 Å². The number of aryl methyl sites for hydroxylation is 2. The number of fused-ring (bicyclic) bond motifs is 1. The summed E-state index contributed by atoms with van der Waals surface area (Å²) in [6, 6.07) is 9.50. The lowest BCUT2D eigenvalue weighted by atomic mass is 9.87. The number of hydrogen-bond donors (Lipinski definition) is 1. The summed E-state index contributed by atoms with van der Waals surface area (Å²) in [4.78, 5) is 29.9. The number of nitrogens with zero attached hydrogens (tertiary/aromatic N) is 2. The second-order valence-electron chi connectivity index (χ2n) is 9.34. The summed E-state index contributed by atoms with van der Waals surface area (Å²) in [7, 11) is 0. The van der Waals surface area contributed by atoms with E-state index >= 15 is 0 Å². The minimum absolute atomic E-state index is 0.0150. The molecule has 0 spiro atoms. The van der Waals surface area contributed by atoms with Gasteiger partial charge in [-0.15, -0.1) is 0 Å². The van der Waals surface area contributed by atoms with Crippen molar-refractivity contribution in [2.24, 2.45) is 0 Å². The number of likely N-dealkylation sites (N-methyl/N-ethyl adjacent to an activating group) is 1. The molecule has 7 heteroatoms. The summed E-state index contributed by atoms with van der Waals surface area (Å²) < 4.78 is 0. The Kier molecular flexibility index (Phi) is 6.17. The molecule has 0 aliphatic carbocycles. The van der Waals surface area contributed by atoms with E-state index in [4.69, 9.17) is 23.8 Å². The normalized spacial score (nSPS) is 18.7. The van der Waals surface area contributed by atoms with Gasteiger partial charge in [0, 0.05) is 22.8 Å². The Morgan fingerprint density at radius 1 is 1.09 bits per heavy atom. The van der Waals surface area contributed by atoms with Crippen molar-refractivity contribution >= 4 is 63.8 Å². The highest BCUT2D eigenvalue weighted by atomic mass is 35.5. The number of carbonyl (C=O) groups is 2. The molecule has 0 saturated carbocycles. The van der Waals surface area contributed by atoms with Gasteiger partial charge in [-0.1, -0.05) is 23.7 Å². The van der Waals surface area contributed by atoms with Gasteiger partial charge in [0.15, 0.2) is 5.11 Å². The Labute approximate surface area is 211 Å². The van der Waals surface area contributed by atoms with E-state index in [9.17, 15) is 9.59 Å². The first-order valence-electron chi connectivity index (χ1n) is 11.2.